The molecule has 0 bridgehead atoms. The molecule has 0 saturated carbocycles. The van der Waals surface area contributed by atoms with Gasteiger partial charge in [-0.05, 0) is 6.07 Å². The lowest BCUT2D eigenvalue weighted by Crippen LogP contribution is -2.44. The molecule has 2 heterocycles. The Labute approximate surface area is 107 Å². The van der Waals surface area contributed by atoms with Crippen molar-refractivity contribution in [2.24, 2.45) is 0 Å². The minimum atomic E-state index is -5.97. The van der Waals surface area contributed by atoms with Crippen molar-refractivity contribution >= 4 is 28.4 Å². The van der Waals surface area contributed by atoms with E-state index in [4.69, 9.17) is 11.6 Å². The number of hydrogen-bond acceptors (Lipinski definition) is 2. The Balaban J connectivity index is 2.61. The lowest BCUT2D eigenvalue weighted by Gasteiger charge is -2.17. The zero-order valence-corrected chi connectivity index (χ0v) is 9.61. The summed E-state index contributed by atoms with van der Waals surface area (Å²) in [6, 6.07) is 1.18. The highest BCUT2D eigenvalue weighted by Gasteiger charge is 2.63. The monoisotopic (exact) mass is 298 g/mol. The van der Waals surface area contributed by atoms with Crippen LogP contribution in [0.15, 0.2) is 18.5 Å². The fourth-order valence-corrected chi connectivity index (χ4v) is 1.74. The number of carbonyl (C=O) groups excluding carboxylic acids is 1. The third-order valence-corrected chi connectivity index (χ3v) is 2.72. The smallest absolute Gasteiger partial charge is 0.345 e. The molecule has 2 rings (SSSR count). The van der Waals surface area contributed by atoms with Gasteiger partial charge in [0.1, 0.15) is 5.65 Å². The van der Waals surface area contributed by atoms with Crippen LogP contribution >= 0.6 is 11.6 Å². The summed E-state index contributed by atoms with van der Waals surface area (Å²) in [7, 11) is 0. The molecular formula is C10H4ClF5N2O. The molecule has 102 valence electrons. The summed E-state index contributed by atoms with van der Waals surface area (Å²) in [5, 5.41) is -0.411. The molecule has 1 N–H and O–H groups in total. The van der Waals surface area contributed by atoms with Crippen LogP contribution in [0.2, 0.25) is 5.02 Å². The second kappa shape index (κ2) is 4.16. The van der Waals surface area contributed by atoms with Gasteiger partial charge in [0.15, 0.2) is 0 Å². The summed E-state index contributed by atoms with van der Waals surface area (Å²) in [5.41, 5.74) is -0.899. The van der Waals surface area contributed by atoms with Crippen LogP contribution in [-0.4, -0.2) is 27.9 Å². The van der Waals surface area contributed by atoms with Crippen LogP contribution in [0.5, 0.6) is 0 Å². The van der Waals surface area contributed by atoms with Crippen LogP contribution in [0.25, 0.3) is 11.0 Å². The van der Waals surface area contributed by atoms with Crippen LogP contribution in [0.4, 0.5) is 22.0 Å². The van der Waals surface area contributed by atoms with Gasteiger partial charge in [0.05, 0.1) is 10.6 Å². The molecule has 9 heteroatoms. The Hall–Kier alpha value is -1.70. The van der Waals surface area contributed by atoms with Crippen molar-refractivity contribution in [2.45, 2.75) is 12.1 Å². The highest BCUT2D eigenvalue weighted by atomic mass is 35.5. The normalized spacial score (nSPS) is 12.9. The van der Waals surface area contributed by atoms with Gasteiger partial charge in [0, 0.05) is 17.8 Å². The molecule has 0 aromatic carbocycles. The van der Waals surface area contributed by atoms with Gasteiger partial charge in [-0.3, -0.25) is 4.79 Å². The Morgan fingerprint density at radius 1 is 1.26 bits per heavy atom. The van der Waals surface area contributed by atoms with Gasteiger partial charge in [-0.25, -0.2) is 4.98 Å². The van der Waals surface area contributed by atoms with Crippen molar-refractivity contribution in [1.29, 1.82) is 0 Å². The van der Waals surface area contributed by atoms with E-state index in [9.17, 15) is 26.7 Å². The maximum absolute atomic E-state index is 13.0. The second-order valence-electron chi connectivity index (χ2n) is 3.62. The maximum atomic E-state index is 13.0. The molecule has 2 aromatic heterocycles. The Bertz CT molecular complexity index is 649. The van der Waals surface area contributed by atoms with Crippen molar-refractivity contribution in [3.63, 3.8) is 0 Å². The van der Waals surface area contributed by atoms with E-state index >= 15 is 0 Å². The highest BCUT2D eigenvalue weighted by molar-refractivity contribution is 6.36. The first-order valence-corrected chi connectivity index (χ1v) is 5.15. The molecule has 0 aliphatic carbocycles. The number of halogens is 6. The molecule has 0 atom stereocenters. The van der Waals surface area contributed by atoms with E-state index in [0.717, 1.165) is 6.20 Å². The molecule has 0 saturated heterocycles. The van der Waals surface area contributed by atoms with Gasteiger partial charge < -0.3 is 4.98 Å². The number of fused-ring (bicyclic) bond motifs is 1. The van der Waals surface area contributed by atoms with Crippen molar-refractivity contribution < 1.29 is 26.7 Å². The first-order valence-electron chi connectivity index (χ1n) is 4.77. The Morgan fingerprint density at radius 3 is 2.47 bits per heavy atom. The number of nitrogens with one attached hydrogen (secondary N) is 1. The van der Waals surface area contributed by atoms with Gasteiger partial charge in [-0.15, -0.1) is 0 Å². The number of ketones is 1. The molecule has 0 aliphatic rings. The second-order valence-corrected chi connectivity index (χ2v) is 4.03. The number of nitrogens with zero attached hydrogens (tertiary/aromatic N) is 1. The van der Waals surface area contributed by atoms with Gasteiger partial charge >= 0.3 is 12.1 Å². The fourth-order valence-electron chi connectivity index (χ4n) is 1.49. The standard InChI is InChI=1S/C10H4ClF5N2O/c11-5-1-2-17-8-6(5)4(3-18-8)7(19)9(12,13)10(14,15)16/h1-3H,(H,17,18). The van der Waals surface area contributed by atoms with Crippen molar-refractivity contribution in [2.75, 3.05) is 0 Å². The van der Waals surface area contributed by atoms with Gasteiger partial charge in [0.2, 0.25) is 5.78 Å². The molecule has 0 amide bonds. The lowest BCUT2D eigenvalue weighted by molar-refractivity contribution is -0.255. The zero-order valence-electron chi connectivity index (χ0n) is 8.86. The quantitative estimate of drug-likeness (QED) is 0.680. The maximum Gasteiger partial charge on any atom is 0.461 e. The number of Topliss-reactive ketones (excluding diaryl/α,β-unsaturated/α-hetero) is 1. The summed E-state index contributed by atoms with van der Waals surface area (Å²) in [5.74, 6) is -7.86. The number of pyridine rings is 1. The summed E-state index contributed by atoms with van der Waals surface area (Å²) >= 11 is 5.67. The molecule has 0 fully saturated rings. The predicted molar refractivity (Wildman–Crippen MR) is 56.4 cm³/mol. The molecule has 0 unspecified atom stereocenters. The van der Waals surface area contributed by atoms with E-state index in [-0.39, 0.29) is 16.1 Å². The minimum absolute atomic E-state index is 0.0474. The summed E-state index contributed by atoms with van der Waals surface area (Å²) < 4.78 is 62.4. The highest BCUT2D eigenvalue weighted by Crippen LogP contribution is 2.39. The SMILES string of the molecule is O=C(c1c[nH]c2nccc(Cl)c12)C(F)(F)C(F)(F)F. The first kappa shape index (κ1) is 13.7. The molecule has 3 nitrogen and oxygen atoms in total. The molecule has 0 radical (unpaired) electrons. The number of H-pyrrole nitrogens is 1. The number of hydrogen-bond donors (Lipinski definition) is 1. The Morgan fingerprint density at radius 2 is 1.89 bits per heavy atom. The van der Waals surface area contributed by atoms with Crippen molar-refractivity contribution in [3.05, 3.63) is 29.0 Å². The van der Waals surface area contributed by atoms with Gasteiger partial charge in [-0.2, -0.15) is 22.0 Å². The van der Waals surface area contributed by atoms with Gasteiger partial charge in [0.25, 0.3) is 0 Å². The predicted octanol–water partition coefficient (Wildman–Crippen LogP) is 3.60. The molecule has 19 heavy (non-hydrogen) atoms. The lowest BCUT2D eigenvalue weighted by atomic mass is 10.1. The average molecular weight is 299 g/mol. The topological polar surface area (TPSA) is 45.8 Å². The van der Waals surface area contributed by atoms with E-state index < -0.39 is 23.4 Å². The summed E-state index contributed by atoms with van der Waals surface area (Å²) in [6.45, 7) is 0. The number of aromatic amines is 1. The molecule has 2 aromatic rings. The number of alkyl halides is 5. The van der Waals surface area contributed by atoms with Crippen LogP contribution < -0.4 is 0 Å². The van der Waals surface area contributed by atoms with Gasteiger partial charge in [-0.1, -0.05) is 11.6 Å². The van der Waals surface area contributed by atoms with E-state index in [0.29, 0.717) is 0 Å². The van der Waals surface area contributed by atoms with Crippen LogP contribution in [-0.2, 0) is 0 Å². The van der Waals surface area contributed by atoms with Crippen molar-refractivity contribution in [1.82, 2.24) is 9.97 Å². The minimum Gasteiger partial charge on any atom is -0.345 e. The summed E-state index contributed by atoms with van der Waals surface area (Å²) in [6.07, 6.45) is -4.02. The zero-order chi connectivity index (χ0) is 14.4. The van der Waals surface area contributed by atoms with Crippen molar-refractivity contribution in [3.8, 4) is 0 Å². The first-order chi connectivity index (χ1) is 8.66. The van der Waals surface area contributed by atoms with Crippen LogP contribution in [0, 0.1) is 0 Å². The summed E-state index contributed by atoms with van der Waals surface area (Å²) in [4.78, 5) is 17.4. The third-order valence-electron chi connectivity index (χ3n) is 2.41. The van der Waals surface area contributed by atoms with E-state index in [1.807, 2.05) is 0 Å². The van der Waals surface area contributed by atoms with E-state index in [1.165, 1.54) is 12.3 Å². The largest absolute Gasteiger partial charge is 0.461 e. The number of carbonyl (C=O) groups is 1. The average Bonchev–Trinajstić information content (AvgIpc) is 2.71. The molecule has 0 aliphatic heterocycles. The van der Waals surface area contributed by atoms with E-state index in [1.54, 1.807) is 0 Å². The third kappa shape index (κ3) is 2.05. The van der Waals surface area contributed by atoms with Crippen LogP contribution in [0.3, 0.4) is 0 Å². The number of rotatable bonds is 2. The molecular weight excluding hydrogens is 295 g/mol. The Kier molecular flexibility index (Phi) is 3.00. The van der Waals surface area contributed by atoms with Crippen LogP contribution in [0.1, 0.15) is 10.4 Å². The number of aromatic nitrogens is 2. The van der Waals surface area contributed by atoms with E-state index in [2.05, 4.69) is 9.97 Å². The fraction of sp³-hybridized carbons (Fsp3) is 0.200. The molecule has 0 spiro atoms.